The second kappa shape index (κ2) is 6.29. The number of pyridine rings is 1. The highest BCUT2D eigenvalue weighted by Gasteiger charge is 2.28. The molecule has 1 fully saturated rings. The molecule has 1 unspecified atom stereocenters. The Hall–Kier alpha value is -0.940. The third kappa shape index (κ3) is 3.29. The van der Waals surface area contributed by atoms with Gasteiger partial charge in [-0.1, -0.05) is 12.8 Å². The molecule has 0 aromatic carbocycles. The minimum Gasteiger partial charge on any atom is -0.480 e. The molecule has 0 bridgehead atoms. The Morgan fingerprint density at radius 2 is 1.94 bits per heavy atom. The van der Waals surface area contributed by atoms with Crippen molar-refractivity contribution in [1.82, 2.24) is 9.88 Å². The van der Waals surface area contributed by atoms with Crippen molar-refractivity contribution < 1.29 is 9.90 Å². The van der Waals surface area contributed by atoms with Crippen LogP contribution in [-0.4, -0.2) is 34.0 Å². The van der Waals surface area contributed by atoms with Gasteiger partial charge in [0.25, 0.3) is 0 Å². The first kappa shape index (κ1) is 13.5. The van der Waals surface area contributed by atoms with E-state index in [2.05, 4.69) is 20.9 Å². The van der Waals surface area contributed by atoms with Crippen molar-refractivity contribution >= 4 is 21.9 Å². The first-order valence-electron chi connectivity index (χ1n) is 6.27. The zero-order valence-electron chi connectivity index (χ0n) is 10.2. The molecule has 1 N–H and O–H groups in total. The van der Waals surface area contributed by atoms with E-state index in [4.69, 9.17) is 0 Å². The minimum atomic E-state index is -0.813. The Balaban J connectivity index is 2.21. The van der Waals surface area contributed by atoms with Crippen LogP contribution in [0, 0.1) is 0 Å². The van der Waals surface area contributed by atoms with Crippen molar-refractivity contribution in [2.24, 2.45) is 0 Å². The molecule has 98 valence electrons. The highest BCUT2D eigenvalue weighted by atomic mass is 79.9. The maximum atomic E-state index is 11.5. The van der Waals surface area contributed by atoms with Crippen molar-refractivity contribution in [2.45, 2.75) is 31.7 Å². The van der Waals surface area contributed by atoms with Gasteiger partial charge in [-0.15, -0.1) is 0 Å². The van der Waals surface area contributed by atoms with Crippen LogP contribution in [-0.2, 0) is 4.79 Å². The number of halogens is 1. The summed E-state index contributed by atoms with van der Waals surface area (Å²) in [7, 11) is 0. The molecule has 0 saturated carbocycles. The first-order valence-corrected chi connectivity index (χ1v) is 7.06. The molecular weight excluding hydrogens is 296 g/mol. The largest absolute Gasteiger partial charge is 0.480 e. The summed E-state index contributed by atoms with van der Waals surface area (Å²) in [5.41, 5.74) is 0.618. The van der Waals surface area contributed by atoms with Crippen LogP contribution in [0.5, 0.6) is 0 Å². The van der Waals surface area contributed by atoms with E-state index >= 15 is 0 Å². The molecule has 1 aromatic rings. The van der Waals surface area contributed by atoms with Gasteiger partial charge < -0.3 is 5.11 Å². The van der Waals surface area contributed by atoms with Crippen molar-refractivity contribution in [3.63, 3.8) is 0 Å². The van der Waals surface area contributed by atoms with Gasteiger partial charge >= 0.3 is 5.97 Å². The maximum Gasteiger partial charge on any atom is 0.327 e. The maximum absolute atomic E-state index is 11.5. The number of carboxylic acid groups (broad SMARTS) is 1. The number of carbonyl (C=O) groups is 1. The van der Waals surface area contributed by atoms with E-state index in [1.165, 1.54) is 12.8 Å². The smallest absolute Gasteiger partial charge is 0.327 e. The zero-order valence-corrected chi connectivity index (χ0v) is 11.8. The molecule has 4 nitrogen and oxygen atoms in total. The van der Waals surface area contributed by atoms with Gasteiger partial charge in [0, 0.05) is 10.7 Å². The number of rotatable bonds is 3. The van der Waals surface area contributed by atoms with Gasteiger partial charge in [0.2, 0.25) is 0 Å². The molecule has 0 radical (unpaired) electrons. The van der Waals surface area contributed by atoms with Gasteiger partial charge in [-0.25, -0.2) is 0 Å². The highest BCUT2D eigenvalue weighted by molar-refractivity contribution is 9.10. The third-order valence-electron chi connectivity index (χ3n) is 3.27. The molecule has 1 atom stereocenters. The molecule has 0 spiro atoms. The summed E-state index contributed by atoms with van der Waals surface area (Å²) in [5, 5.41) is 9.45. The van der Waals surface area contributed by atoms with Crippen molar-refractivity contribution in [2.75, 3.05) is 13.1 Å². The molecule has 2 rings (SSSR count). The van der Waals surface area contributed by atoms with E-state index in [0.717, 1.165) is 30.4 Å². The van der Waals surface area contributed by atoms with Gasteiger partial charge in [-0.2, -0.15) is 0 Å². The van der Waals surface area contributed by atoms with Crippen LogP contribution < -0.4 is 0 Å². The number of nitrogens with zero attached hydrogens (tertiary/aromatic N) is 2. The average Bonchev–Trinajstić information content (AvgIpc) is 2.60. The summed E-state index contributed by atoms with van der Waals surface area (Å²) in [5.74, 6) is -0.813. The van der Waals surface area contributed by atoms with Gasteiger partial charge in [-0.3, -0.25) is 14.7 Å². The lowest BCUT2D eigenvalue weighted by Crippen LogP contribution is -2.35. The van der Waals surface area contributed by atoms with Crippen LogP contribution in [0.3, 0.4) is 0 Å². The normalized spacial score (nSPS) is 19.2. The molecule has 1 aliphatic heterocycles. The SMILES string of the molecule is O=C(O)C(c1ccc(Br)cn1)N1CCCCCC1. The lowest BCUT2D eigenvalue weighted by Gasteiger charge is -2.26. The molecule has 1 aliphatic rings. The van der Waals surface area contributed by atoms with Crippen molar-refractivity contribution in [3.05, 3.63) is 28.5 Å². The molecule has 1 aromatic heterocycles. The molecule has 1 saturated heterocycles. The van der Waals surface area contributed by atoms with E-state index in [9.17, 15) is 9.90 Å². The molecule has 2 heterocycles. The topological polar surface area (TPSA) is 53.4 Å². The minimum absolute atomic E-state index is 0.615. The summed E-state index contributed by atoms with van der Waals surface area (Å²) < 4.78 is 0.867. The number of likely N-dealkylation sites (tertiary alicyclic amines) is 1. The van der Waals surface area contributed by atoms with E-state index in [1.54, 1.807) is 12.3 Å². The fourth-order valence-electron chi connectivity index (χ4n) is 2.37. The summed E-state index contributed by atoms with van der Waals surface area (Å²) in [6, 6.07) is 3.01. The van der Waals surface area contributed by atoms with Crippen LogP contribution in [0.25, 0.3) is 0 Å². The van der Waals surface area contributed by atoms with Crippen LogP contribution in [0.15, 0.2) is 22.8 Å². The predicted octanol–water partition coefficient (Wildman–Crippen LogP) is 2.85. The average molecular weight is 313 g/mol. The predicted molar refractivity (Wildman–Crippen MR) is 72.4 cm³/mol. The molecular formula is C13H17BrN2O2. The second-order valence-corrected chi connectivity index (χ2v) is 5.51. The van der Waals surface area contributed by atoms with Crippen LogP contribution >= 0.6 is 15.9 Å². The van der Waals surface area contributed by atoms with E-state index in [-0.39, 0.29) is 0 Å². The number of hydrogen-bond acceptors (Lipinski definition) is 3. The van der Waals surface area contributed by atoms with Gasteiger partial charge in [-0.05, 0) is 54.0 Å². The lowest BCUT2D eigenvalue weighted by molar-refractivity contribution is -0.143. The zero-order chi connectivity index (χ0) is 13.0. The van der Waals surface area contributed by atoms with E-state index in [1.807, 2.05) is 11.0 Å². The van der Waals surface area contributed by atoms with Gasteiger partial charge in [0.15, 0.2) is 6.04 Å². The fourth-order valence-corrected chi connectivity index (χ4v) is 2.61. The Bertz CT molecular complexity index is 400. The fraction of sp³-hybridized carbons (Fsp3) is 0.538. The summed E-state index contributed by atoms with van der Waals surface area (Å²) in [4.78, 5) is 17.8. The number of aromatic nitrogens is 1. The van der Waals surface area contributed by atoms with E-state index < -0.39 is 12.0 Å². The molecule has 5 heteroatoms. The summed E-state index contributed by atoms with van der Waals surface area (Å²) >= 11 is 3.32. The van der Waals surface area contributed by atoms with Crippen LogP contribution in [0.2, 0.25) is 0 Å². The van der Waals surface area contributed by atoms with Gasteiger partial charge in [0.05, 0.1) is 5.69 Å². The van der Waals surface area contributed by atoms with E-state index in [0.29, 0.717) is 5.69 Å². The van der Waals surface area contributed by atoms with Crippen molar-refractivity contribution in [1.29, 1.82) is 0 Å². The second-order valence-electron chi connectivity index (χ2n) is 4.59. The highest BCUT2D eigenvalue weighted by Crippen LogP contribution is 2.24. The standard InChI is InChI=1S/C13H17BrN2O2/c14-10-5-6-11(15-9-10)12(13(17)18)16-7-3-1-2-4-8-16/h5-6,9,12H,1-4,7-8H2,(H,17,18). The Labute approximate surface area is 115 Å². The van der Waals surface area contributed by atoms with Gasteiger partial charge in [0.1, 0.15) is 0 Å². The third-order valence-corrected chi connectivity index (χ3v) is 3.74. The number of carboxylic acids is 1. The molecule has 18 heavy (non-hydrogen) atoms. The number of aliphatic carboxylic acids is 1. The lowest BCUT2D eigenvalue weighted by atomic mass is 10.1. The monoisotopic (exact) mass is 312 g/mol. The first-order chi connectivity index (χ1) is 8.68. The van der Waals surface area contributed by atoms with Crippen molar-refractivity contribution in [3.8, 4) is 0 Å². The Morgan fingerprint density at radius 3 is 2.44 bits per heavy atom. The summed E-state index contributed by atoms with van der Waals surface area (Å²) in [6.07, 6.45) is 6.18. The molecule has 0 amide bonds. The molecule has 0 aliphatic carbocycles. The number of hydrogen-bond donors (Lipinski definition) is 1. The van der Waals surface area contributed by atoms with Crippen LogP contribution in [0.1, 0.15) is 37.4 Å². The Kier molecular flexibility index (Phi) is 4.72. The summed E-state index contributed by atoms with van der Waals surface area (Å²) in [6.45, 7) is 1.68. The Morgan fingerprint density at radius 1 is 1.28 bits per heavy atom. The quantitative estimate of drug-likeness (QED) is 0.932. The van der Waals surface area contributed by atoms with Crippen LogP contribution in [0.4, 0.5) is 0 Å².